The first-order chi connectivity index (χ1) is 15.9. The lowest BCUT2D eigenvalue weighted by Crippen LogP contribution is -2.50. The lowest BCUT2D eigenvalue weighted by Gasteiger charge is -2.37. The van der Waals surface area contributed by atoms with Crippen molar-refractivity contribution in [2.75, 3.05) is 26.7 Å². The van der Waals surface area contributed by atoms with E-state index in [0.29, 0.717) is 30.1 Å². The largest absolute Gasteiger partial charge is 0.472 e. The number of hydrogen-bond acceptors (Lipinski definition) is 5. The van der Waals surface area contributed by atoms with Crippen molar-refractivity contribution in [2.24, 2.45) is 17.8 Å². The second-order valence-electron chi connectivity index (χ2n) is 9.94. The Bertz CT molecular complexity index is 943. The van der Waals surface area contributed by atoms with Crippen LogP contribution in [0.5, 0.6) is 5.88 Å². The van der Waals surface area contributed by atoms with Crippen LogP contribution in [0, 0.1) is 29.6 Å². The van der Waals surface area contributed by atoms with Crippen molar-refractivity contribution in [1.82, 2.24) is 14.8 Å². The zero-order chi connectivity index (χ0) is 23.5. The van der Waals surface area contributed by atoms with Gasteiger partial charge in [-0.25, -0.2) is 4.98 Å². The maximum atomic E-state index is 13.5. The first kappa shape index (κ1) is 23.6. The number of fused-ring (bicyclic) bond motifs is 1. The Hall–Kier alpha value is -2.59. The number of ether oxygens (including phenoxy) is 1. The number of rotatable bonds is 5. The zero-order valence-electron chi connectivity index (χ0n) is 19.9. The molecule has 0 spiro atoms. The summed E-state index contributed by atoms with van der Waals surface area (Å²) in [6, 6.07) is 1.42. The van der Waals surface area contributed by atoms with Gasteiger partial charge in [0.15, 0.2) is 0 Å². The molecule has 1 aliphatic heterocycles. The van der Waals surface area contributed by atoms with E-state index in [1.54, 1.807) is 22.1 Å². The lowest BCUT2D eigenvalue weighted by molar-refractivity contribution is -0.132. The number of aliphatic hydroxyl groups excluding tert-OH is 1. The van der Waals surface area contributed by atoms with E-state index in [1.807, 2.05) is 20.9 Å². The molecule has 4 rings (SSSR count). The Morgan fingerprint density at radius 1 is 1.33 bits per heavy atom. The van der Waals surface area contributed by atoms with Gasteiger partial charge in [0.25, 0.3) is 5.91 Å². The molecule has 0 unspecified atom stereocenters. The number of carbonyl (C=O) groups is 2. The van der Waals surface area contributed by atoms with E-state index < -0.39 is 0 Å². The van der Waals surface area contributed by atoms with Crippen molar-refractivity contribution >= 4 is 11.8 Å². The first-order valence-electron chi connectivity index (χ1n) is 12.2. The fourth-order valence-corrected chi connectivity index (χ4v) is 4.65. The summed E-state index contributed by atoms with van der Waals surface area (Å²) in [6.07, 6.45) is 7.95. The van der Waals surface area contributed by atoms with E-state index in [9.17, 15) is 14.7 Å². The van der Waals surface area contributed by atoms with Crippen LogP contribution < -0.4 is 4.74 Å². The fraction of sp³-hybridized carbons (Fsp3) is 0.654. The predicted octanol–water partition coefficient (Wildman–Crippen LogP) is 2.71. The molecule has 33 heavy (non-hydrogen) atoms. The fourth-order valence-electron chi connectivity index (χ4n) is 4.65. The topological polar surface area (TPSA) is 83.0 Å². The molecule has 1 aromatic heterocycles. The van der Waals surface area contributed by atoms with Crippen LogP contribution in [0.4, 0.5) is 0 Å². The molecule has 3 aliphatic rings. The molecular formula is C26H35N3O4. The number of aliphatic hydroxyl groups is 1. The van der Waals surface area contributed by atoms with Crippen LogP contribution in [0.1, 0.15) is 68.3 Å². The standard InChI is InChI=1S/C26H35N3O4/c1-17-14-29(18(2)16-30)26(32)22-12-20(9-8-19-6-4-5-7-19)13-27-24(22)33-23(17)15-28(3)25(31)21-10-11-21/h12-13,17-19,21,23,30H,4-7,10-11,14-16H2,1-3H3/t17-,18-,23+/m1/s1. The number of carbonyl (C=O) groups excluding carboxylic acids is 2. The van der Waals surface area contributed by atoms with Crippen molar-refractivity contribution < 1.29 is 19.4 Å². The summed E-state index contributed by atoms with van der Waals surface area (Å²) in [5, 5.41) is 9.80. The SMILES string of the molecule is C[C@@H]1CN([C@H](C)CO)C(=O)c2cc(C#CC3CCCC3)cnc2O[C@H]1CN(C)C(=O)C1CC1. The van der Waals surface area contributed by atoms with Gasteiger partial charge in [0, 0.05) is 43.1 Å². The minimum absolute atomic E-state index is 0.0470. The summed E-state index contributed by atoms with van der Waals surface area (Å²) in [5.41, 5.74) is 1.06. The van der Waals surface area contributed by atoms with Gasteiger partial charge in [-0.05, 0) is 38.7 Å². The number of likely N-dealkylation sites (N-methyl/N-ethyl adjacent to an activating group) is 1. The van der Waals surface area contributed by atoms with Gasteiger partial charge in [-0.15, -0.1) is 0 Å². The van der Waals surface area contributed by atoms with Crippen molar-refractivity contribution in [3.8, 4) is 17.7 Å². The molecule has 2 fully saturated rings. The molecule has 0 saturated heterocycles. The highest BCUT2D eigenvalue weighted by Crippen LogP contribution is 2.32. The first-order valence-corrected chi connectivity index (χ1v) is 12.2. The van der Waals surface area contributed by atoms with E-state index >= 15 is 0 Å². The highest BCUT2D eigenvalue weighted by atomic mass is 16.5. The minimum Gasteiger partial charge on any atom is -0.472 e. The lowest BCUT2D eigenvalue weighted by atomic mass is 9.99. The molecule has 0 radical (unpaired) electrons. The van der Waals surface area contributed by atoms with Gasteiger partial charge in [-0.3, -0.25) is 9.59 Å². The number of amides is 2. The van der Waals surface area contributed by atoms with Crippen LogP contribution in [0.3, 0.4) is 0 Å². The maximum absolute atomic E-state index is 13.5. The van der Waals surface area contributed by atoms with Crippen LogP contribution >= 0.6 is 0 Å². The molecule has 2 heterocycles. The zero-order valence-corrected chi connectivity index (χ0v) is 19.9. The second-order valence-corrected chi connectivity index (χ2v) is 9.94. The Balaban J connectivity index is 1.62. The number of pyridine rings is 1. The van der Waals surface area contributed by atoms with Crippen molar-refractivity contribution in [2.45, 2.75) is 64.5 Å². The monoisotopic (exact) mass is 453 g/mol. The van der Waals surface area contributed by atoms with E-state index in [4.69, 9.17) is 4.74 Å². The molecule has 2 aliphatic carbocycles. The highest BCUT2D eigenvalue weighted by molar-refractivity contribution is 5.97. The summed E-state index contributed by atoms with van der Waals surface area (Å²) >= 11 is 0. The molecule has 0 bridgehead atoms. The van der Waals surface area contributed by atoms with Crippen molar-refractivity contribution in [3.05, 3.63) is 23.4 Å². The normalized spacial score (nSPS) is 24.1. The number of nitrogens with zero attached hydrogens (tertiary/aromatic N) is 3. The molecule has 3 atom stereocenters. The molecule has 7 nitrogen and oxygen atoms in total. The second kappa shape index (κ2) is 10.1. The van der Waals surface area contributed by atoms with Crippen LogP contribution in [-0.4, -0.2) is 70.6 Å². The van der Waals surface area contributed by atoms with Gasteiger partial charge in [0.1, 0.15) is 11.7 Å². The van der Waals surface area contributed by atoms with E-state index in [2.05, 4.69) is 16.8 Å². The summed E-state index contributed by atoms with van der Waals surface area (Å²) in [6.45, 7) is 4.57. The van der Waals surface area contributed by atoms with E-state index in [-0.39, 0.29) is 48.3 Å². The van der Waals surface area contributed by atoms with Crippen LogP contribution in [0.25, 0.3) is 0 Å². The van der Waals surface area contributed by atoms with Gasteiger partial charge >= 0.3 is 0 Å². The Morgan fingerprint density at radius 2 is 2.06 bits per heavy atom. The van der Waals surface area contributed by atoms with Gasteiger partial charge in [-0.1, -0.05) is 31.6 Å². The highest BCUT2D eigenvalue weighted by Gasteiger charge is 2.37. The third-order valence-electron chi connectivity index (χ3n) is 7.05. The predicted molar refractivity (Wildman–Crippen MR) is 125 cm³/mol. The van der Waals surface area contributed by atoms with Crippen LogP contribution in [-0.2, 0) is 4.79 Å². The smallest absolute Gasteiger partial charge is 0.259 e. The third-order valence-corrected chi connectivity index (χ3v) is 7.05. The molecule has 1 aromatic rings. The minimum atomic E-state index is -0.342. The molecular weight excluding hydrogens is 418 g/mol. The van der Waals surface area contributed by atoms with E-state index in [1.165, 1.54) is 12.8 Å². The summed E-state index contributed by atoms with van der Waals surface area (Å²) < 4.78 is 6.27. The summed E-state index contributed by atoms with van der Waals surface area (Å²) in [7, 11) is 1.81. The average Bonchev–Trinajstić information content (AvgIpc) is 3.54. The Labute approximate surface area is 196 Å². The van der Waals surface area contributed by atoms with Crippen molar-refractivity contribution in [3.63, 3.8) is 0 Å². The molecule has 2 amide bonds. The number of hydrogen-bond donors (Lipinski definition) is 1. The van der Waals surface area contributed by atoms with Gasteiger partial charge in [0.05, 0.1) is 19.2 Å². The summed E-state index contributed by atoms with van der Waals surface area (Å²) in [5.74, 6) is 7.23. The Morgan fingerprint density at radius 3 is 2.73 bits per heavy atom. The Kier molecular flexibility index (Phi) is 7.23. The quantitative estimate of drug-likeness (QED) is 0.693. The number of aromatic nitrogens is 1. The van der Waals surface area contributed by atoms with Crippen LogP contribution in [0.2, 0.25) is 0 Å². The van der Waals surface area contributed by atoms with Gasteiger partial charge < -0.3 is 19.6 Å². The van der Waals surface area contributed by atoms with Gasteiger partial charge in [0.2, 0.25) is 11.8 Å². The third kappa shape index (κ3) is 5.50. The average molecular weight is 454 g/mol. The summed E-state index contributed by atoms with van der Waals surface area (Å²) in [4.78, 5) is 33.9. The van der Waals surface area contributed by atoms with E-state index in [0.717, 1.165) is 25.7 Å². The van der Waals surface area contributed by atoms with Crippen molar-refractivity contribution in [1.29, 1.82) is 0 Å². The molecule has 0 aromatic carbocycles. The molecule has 1 N–H and O–H groups in total. The molecule has 7 heteroatoms. The van der Waals surface area contributed by atoms with Crippen LogP contribution in [0.15, 0.2) is 12.3 Å². The maximum Gasteiger partial charge on any atom is 0.259 e. The molecule has 2 saturated carbocycles. The van der Waals surface area contributed by atoms with Gasteiger partial charge in [-0.2, -0.15) is 0 Å². The molecule has 178 valence electrons.